The van der Waals surface area contributed by atoms with E-state index in [9.17, 15) is 0 Å². The van der Waals surface area contributed by atoms with Gasteiger partial charge in [0.25, 0.3) is 0 Å². The summed E-state index contributed by atoms with van der Waals surface area (Å²) in [4.78, 5) is 4.68. The van der Waals surface area contributed by atoms with Gasteiger partial charge in [-0.25, -0.2) is 0 Å². The Balaban J connectivity index is 1.56. The molecule has 1 aromatic heterocycles. The van der Waals surface area contributed by atoms with Gasteiger partial charge in [0.1, 0.15) is 5.60 Å². The molecule has 0 radical (unpaired) electrons. The molecule has 4 atom stereocenters. The highest BCUT2D eigenvalue weighted by molar-refractivity contribution is 5.07. The fourth-order valence-electron chi connectivity index (χ4n) is 4.14. The highest BCUT2D eigenvalue weighted by Gasteiger charge is 2.43. The highest BCUT2D eigenvalue weighted by atomic mass is 16.5. The van der Waals surface area contributed by atoms with Gasteiger partial charge < -0.3 is 14.6 Å². The highest BCUT2D eigenvalue weighted by Crippen LogP contribution is 2.44. The average Bonchev–Trinajstić information content (AvgIpc) is 3.15. The first-order chi connectivity index (χ1) is 9.76. The molecule has 110 valence electrons. The zero-order valence-electron chi connectivity index (χ0n) is 12.1. The zero-order valence-corrected chi connectivity index (χ0v) is 12.1. The van der Waals surface area contributed by atoms with E-state index in [-0.39, 0.29) is 11.6 Å². The van der Waals surface area contributed by atoms with Gasteiger partial charge in [-0.3, -0.25) is 0 Å². The first-order valence-electron chi connectivity index (χ1n) is 7.98. The maximum Gasteiger partial charge on any atom is 0.244 e. The standard InChI is InChI=1S/C15H23N3O2/c1-15(7-2-3-8-19-15)14-17-13(20-18-14)12-11-6-4-5-10(11)9-16-12/h10-12,16H,2-9H2,1H3. The second-order valence-electron chi connectivity index (χ2n) is 6.73. The van der Waals surface area contributed by atoms with Crippen LogP contribution in [0.15, 0.2) is 4.52 Å². The number of hydrogen-bond donors (Lipinski definition) is 1. The van der Waals surface area contributed by atoms with Gasteiger partial charge in [-0.05, 0) is 57.4 Å². The number of rotatable bonds is 2. The lowest BCUT2D eigenvalue weighted by Gasteiger charge is -2.30. The lowest BCUT2D eigenvalue weighted by Crippen LogP contribution is -2.31. The summed E-state index contributed by atoms with van der Waals surface area (Å²) in [7, 11) is 0. The zero-order chi connectivity index (χ0) is 13.6. The second-order valence-corrected chi connectivity index (χ2v) is 6.73. The smallest absolute Gasteiger partial charge is 0.244 e. The number of aromatic nitrogens is 2. The molecular weight excluding hydrogens is 254 g/mol. The van der Waals surface area contributed by atoms with Gasteiger partial charge in [0, 0.05) is 6.61 Å². The normalized spacial score (nSPS) is 41.0. The van der Waals surface area contributed by atoms with Gasteiger partial charge in [-0.15, -0.1) is 0 Å². The van der Waals surface area contributed by atoms with Crippen LogP contribution < -0.4 is 5.32 Å². The minimum atomic E-state index is -0.353. The maximum atomic E-state index is 5.91. The summed E-state index contributed by atoms with van der Waals surface area (Å²) >= 11 is 0. The van der Waals surface area contributed by atoms with Crippen molar-refractivity contribution in [3.05, 3.63) is 11.7 Å². The van der Waals surface area contributed by atoms with Crippen LogP contribution >= 0.6 is 0 Å². The topological polar surface area (TPSA) is 60.2 Å². The minimum absolute atomic E-state index is 0.260. The van der Waals surface area contributed by atoms with Gasteiger partial charge >= 0.3 is 0 Å². The summed E-state index contributed by atoms with van der Waals surface area (Å²) in [5.74, 6) is 2.99. The predicted octanol–water partition coefficient (Wildman–Crippen LogP) is 2.55. The molecule has 1 N–H and O–H groups in total. The van der Waals surface area contributed by atoms with E-state index in [1.807, 2.05) is 0 Å². The van der Waals surface area contributed by atoms with E-state index in [2.05, 4.69) is 22.4 Å². The fraction of sp³-hybridized carbons (Fsp3) is 0.867. The van der Waals surface area contributed by atoms with E-state index in [0.717, 1.165) is 43.6 Å². The van der Waals surface area contributed by atoms with Crippen molar-refractivity contribution in [3.63, 3.8) is 0 Å². The summed E-state index contributed by atoms with van der Waals surface area (Å²) in [6.07, 6.45) is 7.26. The molecule has 2 aliphatic heterocycles. The van der Waals surface area contributed by atoms with Crippen molar-refractivity contribution in [2.24, 2.45) is 11.8 Å². The fourth-order valence-corrected chi connectivity index (χ4v) is 4.14. The molecule has 0 amide bonds. The molecule has 3 aliphatic rings. The number of fused-ring (bicyclic) bond motifs is 1. The number of hydrogen-bond acceptors (Lipinski definition) is 5. The van der Waals surface area contributed by atoms with Gasteiger partial charge in [0.2, 0.25) is 11.7 Å². The molecule has 20 heavy (non-hydrogen) atoms. The van der Waals surface area contributed by atoms with Crippen molar-refractivity contribution >= 4 is 0 Å². The molecule has 4 rings (SSSR count). The first-order valence-corrected chi connectivity index (χ1v) is 7.98. The summed E-state index contributed by atoms with van der Waals surface area (Å²) in [6, 6.07) is 0.260. The third-order valence-corrected chi connectivity index (χ3v) is 5.40. The molecule has 3 fully saturated rings. The Kier molecular flexibility index (Phi) is 3.07. The Morgan fingerprint density at radius 2 is 2.20 bits per heavy atom. The van der Waals surface area contributed by atoms with Crippen LogP contribution in [-0.4, -0.2) is 23.3 Å². The van der Waals surface area contributed by atoms with E-state index < -0.39 is 0 Å². The van der Waals surface area contributed by atoms with E-state index in [1.165, 1.54) is 25.7 Å². The number of ether oxygens (including phenoxy) is 1. The average molecular weight is 277 g/mol. The van der Waals surface area contributed by atoms with Crippen molar-refractivity contribution in [1.29, 1.82) is 0 Å². The summed E-state index contributed by atoms with van der Waals surface area (Å²) in [6.45, 7) is 3.98. The lowest BCUT2D eigenvalue weighted by molar-refractivity contribution is -0.0770. The van der Waals surface area contributed by atoms with Crippen molar-refractivity contribution in [2.75, 3.05) is 13.2 Å². The molecule has 2 saturated heterocycles. The van der Waals surface area contributed by atoms with Gasteiger partial charge in [-0.2, -0.15) is 4.98 Å². The van der Waals surface area contributed by atoms with Crippen molar-refractivity contribution in [1.82, 2.24) is 15.5 Å². The molecule has 3 heterocycles. The first kappa shape index (κ1) is 12.8. The van der Waals surface area contributed by atoms with Crippen LogP contribution in [0.3, 0.4) is 0 Å². The Bertz CT molecular complexity index is 481. The molecule has 1 saturated carbocycles. The van der Waals surface area contributed by atoms with Crippen LogP contribution in [0.1, 0.15) is 63.2 Å². The Hall–Kier alpha value is -0.940. The Morgan fingerprint density at radius 3 is 3.05 bits per heavy atom. The number of nitrogens with one attached hydrogen (secondary N) is 1. The van der Waals surface area contributed by atoms with Crippen LogP contribution in [0.2, 0.25) is 0 Å². The van der Waals surface area contributed by atoms with Crippen LogP contribution in [0, 0.1) is 11.8 Å². The number of nitrogens with zero attached hydrogens (tertiary/aromatic N) is 2. The molecule has 5 nitrogen and oxygen atoms in total. The molecule has 0 aromatic carbocycles. The SMILES string of the molecule is CC1(c2noc(C3NCC4CCCC43)n2)CCCCO1. The molecule has 4 unspecified atom stereocenters. The second kappa shape index (κ2) is 4.81. The Labute approximate surface area is 119 Å². The Morgan fingerprint density at radius 1 is 1.25 bits per heavy atom. The molecule has 0 bridgehead atoms. The third-order valence-electron chi connectivity index (χ3n) is 5.40. The molecular formula is C15H23N3O2. The van der Waals surface area contributed by atoms with Crippen molar-refractivity contribution in [2.45, 2.75) is 57.1 Å². The minimum Gasteiger partial charge on any atom is -0.367 e. The van der Waals surface area contributed by atoms with Crippen LogP contribution in [0.5, 0.6) is 0 Å². The van der Waals surface area contributed by atoms with Gasteiger partial charge in [0.05, 0.1) is 6.04 Å². The van der Waals surface area contributed by atoms with Crippen molar-refractivity contribution < 1.29 is 9.26 Å². The van der Waals surface area contributed by atoms with E-state index in [0.29, 0.717) is 5.92 Å². The van der Waals surface area contributed by atoms with Crippen molar-refractivity contribution in [3.8, 4) is 0 Å². The maximum absolute atomic E-state index is 5.91. The van der Waals surface area contributed by atoms with Crippen LogP contribution in [0.25, 0.3) is 0 Å². The molecule has 5 heteroatoms. The molecule has 0 spiro atoms. The van der Waals surface area contributed by atoms with Crippen LogP contribution in [-0.2, 0) is 10.3 Å². The van der Waals surface area contributed by atoms with E-state index in [4.69, 9.17) is 9.26 Å². The largest absolute Gasteiger partial charge is 0.367 e. The molecule has 1 aromatic rings. The summed E-state index contributed by atoms with van der Waals surface area (Å²) in [5, 5.41) is 7.79. The lowest BCUT2D eigenvalue weighted by atomic mass is 9.93. The quantitative estimate of drug-likeness (QED) is 0.900. The summed E-state index contributed by atoms with van der Waals surface area (Å²) < 4.78 is 11.5. The van der Waals surface area contributed by atoms with Gasteiger partial charge in [0.15, 0.2) is 0 Å². The molecule has 1 aliphatic carbocycles. The van der Waals surface area contributed by atoms with E-state index in [1.54, 1.807) is 0 Å². The predicted molar refractivity (Wildman–Crippen MR) is 73.0 cm³/mol. The van der Waals surface area contributed by atoms with Gasteiger partial charge in [-0.1, -0.05) is 11.6 Å². The third kappa shape index (κ3) is 1.99. The summed E-state index contributed by atoms with van der Waals surface area (Å²) in [5.41, 5.74) is -0.353. The van der Waals surface area contributed by atoms with E-state index >= 15 is 0 Å². The van der Waals surface area contributed by atoms with Crippen LogP contribution in [0.4, 0.5) is 0 Å². The monoisotopic (exact) mass is 277 g/mol.